The Labute approximate surface area is 171 Å². The van der Waals surface area contributed by atoms with Gasteiger partial charge in [0, 0.05) is 12.1 Å². The average molecular weight is 380 g/mol. The van der Waals surface area contributed by atoms with E-state index < -0.39 is 5.54 Å². The van der Waals surface area contributed by atoms with E-state index in [-0.39, 0.29) is 0 Å². The third-order valence-corrected chi connectivity index (χ3v) is 6.17. The molecule has 3 heteroatoms. The molecule has 2 N–H and O–H groups in total. The molecule has 0 saturated heterocycles. The fourth-order valence-corrected chi connectivity index (χ4v) is 4.57. The van der Waals surface area contributed by atoms with Crippen LogP contribution in [0.25, 0.3) is 0 Å². The van der Waals surface area contributed by atoms with Crippen molar-refractivity contribution >= 4 is 0 Å². The summed E-state index contributed by atoms with van der Waals surface area (Å²) in [6.07, 6.45) is 5.37. The summed E-state index contributed by atoms with van der Waals surface area (Å²) in [5, 5.41) is 0. The molecule has 3 nitrogen and oxygen atoms in total. The Balaban J connectivity index is 1.77. The van der Waals surface area contributed by atoms with Crippen molar-refractivity contribution in [2.24, 2.45) is 11.7 Å². The number of imidazole rings is 1. The number of rotatable bonds is 6. The summed E-state index contributed by atoms with van der Waals surface area (Å²) in [5.41, 5.74) is 10.2. The first kappa shape index (κ1) is 17.9. The Hall–Kier alpha value is -3.17. The second-order valence-electron chi connectivity index (χ2n) is 7.85. The molecule has 0 bridgehead atoms. The topological polar surface area (TPSA) is 43.8 Å². The van der Waals surface area contributed by atoms with E-state index in [1.807, 2.05) is 6.33 Å². The highest BCUT2D eigenvalue weighted by Gasteiger charge is 2.42. The first-order chi connectivity index (χ1) is 14.3. The number of nitrogens with zero attached hydrogens (tertiary/aromatic N) is 2. The molecular weight excluding hydrogens is 354 g/mol. The largest absolute Gasteiger partial charge is 0.330 e. The minimum Gasteiger partial charge on any atom is -0.330 e. The lowest BCUT2D eigenvalue weighted by molar-refractivity contribution is 0.514. The van der Waals surface area contributed by atoms with Crippen LogP contribution < -0.4 is 5.73 Å². The number of benzene rings is 3. The molecule has 1 saturated carbocycles. The van der Waals surface area contributed by atoms with Crippen molar-refractivity contribution in [1.29, 1.82) is 0 Å². The van der Waals surface area contributed by atoms with E-state index >= 15 is 0 Å². The van der Waals surface area contributed by atoms with Crippen molar-refractivity contribution in [3.63, 3.8) is 0 Å². The van der Waals surface area contributed by atoms with Gasteiger partial charge in [0.05, 0.1) is 12.0 Å². The summed E-state index contributed by atoms with van der Waals surface area (Å²) in [6.45, 7) is 0.735. The molecule has 0 spiro atoms. The maximum atomic E-state index is 5.89. The minimum absolute atomic E-state index is 0.484. The monoisotopic (exact) mass is 379 g/mol. The van der Waals surface area contributed by atoms with Gasteiger partial charge in [-0.25, -0.2) is 4.98 Å². The fourth-order valence-electron chi connectivity index (χ4n) is 4.57. The maximum Gasteiger partial charge on any atom is 0.121 e. The predicted molar refractivity (Wildman–Crippen MR) is 117 cm³/mol. The fraction of sp³-hybridized carbons (Fsp3) is 0.192. The Kier molecular flexibility index (Phi) is 4.53. The van der Waals surface area contributed by atoms with Gasteiger partial charge in [-0.1, -0.05) is 91.0 Å². The molecule has 3 aromatic carbocycles. The molecule has 5 rings (SSSR count). The molecule has 0 aliphatic heterocycles. The van der Waals surface area contributed by atoms with Crippen LogP contribution in [-0.4, -0.2) is 16.1 Å². The summed E-state index contributed by atoms with van der Waals surface area (Å²) in [4.78, 5) is 4.83. The smallest absolute Gasteiger partial charge is 0.121 e. The summed E-state index contributed by atoms with van der Waals surface area (Å²) in [7, 11) is 0. The van der Waals surface area contributed by atoms with Crippen LogP contribution in [0.4, 0.5) is 0 Å². The van der Waals surface area contributed by atoms with Crippen LogP contribution in [0.3, 0.4) is 0 Å². The standard InChI is InChI=1S/C26H25N3/c27-17-20-16-24(20)25-18-29(19-28-25)26(21-10-4-1-5-11-21,22-12-6-2-7-13-22)23-14-8-3-9-15-23/h1-15,18-20,24H,16-17,27H2/t20-,24+/m0/s1. The van der Waals surface area contributed by atoms with Gasteiger partial charge in [0.25, 0.3) is 0 Å². The van der Waals surface area contributed by atoms with E-state index in [4.69, 9.17) is 10.7 Å². The van der Waals surface area contributed by atoms with Gasteiger partial charge >= 0.3 is 0 Å². The third kappa shape index (κ3) is 2.99. The van der Waals surface area contributed by atoms with Crippen LogP contribution in [0.15, 0.2) is 104 Å². The van der Waals surface area contributed by atoms with E-state index in [1.54, 1.807) is 0 Å². The van der Waals surface area contributed by atoms with Crippen LogP contribution in [-0.2, 0) is 5.54 Å². The molecule has 2 atom stereocenters. The van der Waals surface area contributed by atoms with Crippen molar-refractivity contribution < 1.29 is 0 Å². The number of aromatic nitrogens is 2. The molecule has 1 fully saturated rings. The molecule has 0 radical (unpaired) electrons. The number of nitrogens with two attached hydrogens (primary N) is 1. The SMILES string of the molecule is NC[C@@H]1C[C@H]1c1cn(C(c2ccccc2)(c2ccccc2)c2ccccc2)cn1. The molecule has 4 aromatic rings. The Morgan fingerprint density at radius 1 is 0.793 bits per heavy atom. The van der Waals surface area contributed by atoms with Crippen LogP contribution in [0, 0.1) is 5.92 Å². The highest BCUT2D eigenvalue weighted by atomic mass is 15.1. The molecular formula is C26H25N3. The zero-order valence-corrected chi connectivity index (χ0v) is 16.4. The van der Waals surface area contributed by atoms with Gasteiger partial charge in [-0.15, -0.1) is 0 Å². The molecule has 1 aromatic heterocycles. The van der Waals surface area contributed by atoms with Crippen LogP contribution >= 0.6 is 0 Å². The average Bonchev–Trinajstić information content (AvgIpc) is 3.44. The van der Waals surface area contributed by atoms with Crippen molar-refractivity contribution in [3.05, 3.63) is 126 Å². The van der Waals surface area contributed by atoms with Gasteiger partial charge < -0.3 is 10.3 Å². The van der Waals surface area contributed by atoms with E-state index in [9.17, 15) is 0 Å². The van der Waals surface area contributed by atoms with Crippen LogP contribution in [0.5, 0.6) is 0 Å². The zero-order chi connectivity index (χ0) is 19.7. The third-order valence-electron chi connectivity index (χ3n) is 6.17. The Bertz CT molecular complexity index is 974. The van der Waals surface area contributed by atoms with Crippen molar-refractivity contribution in [2.45, 2.75) is 17.9 Å². The lowest BCUT2D eigenvalue weighted by Gasteiger charge is -2.37. The quantitative estimate of drug-likeness (QED) is 0.490. The van der Waals surface area contributed by atoms with Crippen LogP contribution in [0.1, 0.15) is 34.7 Å². The molecule has 1 aliphatic carbocycles. The van der Waals surface area contributed by atoms with E-state index in [0.717, 1.165) is 18.7 Å². The van der Waals surface area contributed by atoms with Crippen molar-refractivity contribution in [1.82, 2.24) is 9.55 Å². The highest BCUT2D eigenvalue weighted by Crippen LogP contribution is 2.47. The minimum atomic E-state index is -0.484. The van der Waals surface area contributed by atoms with E-state index in [2.05, 4.69) is 102 Å². The molecule has 1 aliphatic rings. The lowest BCUT2D eigenvalue weighted by Crippen LogP contribution is -2.36. The normalized spacial score (nSPS) is 18.5. The number of hydrogen-bond acceptors (Lipinski definition) is 2. The first-order valence-electron chi connectivity index (χ1n) is 10.2. The first-order valence-corrected chi connectivity index (χ1v) is 10.2. The summed E-state index contributed by atoms with van der Waals surface area (Å²) < 4.78 is 2.29. The molecule has 0 unspecified atom stereocenters. The summed E-state index contributed by atoms with van der Waals surface area (Å²) in [5.74, 6) is 1.05. The second kappa shape index (κ2) is 7.34. The van der Waals surface area contributed by atoms with Gasteiger partial charge in [-0.3, -0.25) is 0 Å². The van der Waals surface area contributed by atoms with Gasteiger partial charge in [0.2, 0.25) is 0 Å². The molecule has 29 heavy (non-hydrogen) atoms. The molecule has 0 amide bonds. The van der Waals surface area contributed by atoms with Gasteiger partial charge in [0.15, 0.2) is 0 Å². The van der Waals surface area contributed by atoms with Crippen molar-refractivity contribution in [2.75, 3.05) is 6.54 Å². The molecule has 144 valence electrons. The van der Waals surface area contributed by atoms with Gasteiger partial charge in [0.1, 0.15) is 5.54 Å². The lowest BCUT2D eigenvalue weighted by atomic mass is 9.77. The van der Waals surface area contributed by atoms with Crippen LogP contribution in [0.2, 0.25) is 0 Å². The summed E-state index contributed by atoms with van der Waals surface area (Å²) >= 11 is 0. The van der Waals surface area contributed by atoms with E-state index in [0.29, 0.717) is 11.8 Å². The molecule has 1 heterocycles. The maximum absolute atomic E-state index is 5.89. The second-order valence-corrected chi connectivity index (χ2v) is 7.85. The zero-order valence-electron chi connectivity index (χ0n) is 16.4. The number of hydrogen-bond donors (Lipinski definition) is 1. The van der Waals surface area contributed by atoms with E-state index in [1.165, 1.54) is 16.7 Å². The van der Waals surface area contributed by atoms with Gasteiger partial charge in [-0.05, 0) is 35.6 Å². The summed E-state index contributed by atoms with van der Waals surface area (Å²) in [6, 6.07) is 32.1. The Morgan fingerprint density at radius 2 is 1.28 bits per heavy atom. The van der Waals surface area contributed by atoms with Crippen molar-refractivity contribution in [3.8, 4) is 0 Å². The van der Waals surface area contributed by atoms with Gasteiger partial charge in [-0.2, -0.15) is 0 Å². The highest BCUT2D eigenvalue weighted by molar-refractivity contribution is 5.50. The Morgan fingerprint density at radius 3 is 1.69 bits per heavy atom. The predicted octanol–water partition coefficient (Wildman–Crippen LogP) is 4.79.